The number of non-ortho nitro benzene ring substituents is 1. The molecule has 1 saturated heterocycles. The molecule has 0 radical (unpaired) electrons. The Bertz CT molecular complexity index is 1280. The molecule has 0 spiro atoms. The normalized spacial score (nSPS) is 17.6. The molecule has 10 heteroatoms. The number of carbonyl (C=O) groups excluding carboxylic acids is 2. The predicted molar refractivity (Wildman–Crippen MR) is 116 cm³/mol. The van der Waals surface area contributed by atoms with Crippen molar-refractivity contribution in [2.45, 2.75) is 6.04 Å². The van der Waals surface area contributed by atoms with Crippen LogP contribution in [0, 0.1) is 15.9 Å². The van der Waals surface area contributed by atoms with Gasteiger partial charge in [0.2, 0.25) is 0 Å². The molecule has 1 aromatic heterocycles. The van der Waals surface area contributed by atoms with Crippen LogP contribution in [0.2, 0.25) is 0 Å². The minimum absolute atomic E-state index is 0.0140. The highest BCUT2D eigenvalue weighted by atomic mass is 79.9. The number of aliphatic hydroxyl groups excluding tert-OH is 1. The Hall–Kier alpha value is -3.92. The molecule has 2 aromatic carbocycles. The number of ketones is 1. The number of anilines is 1. The maximum absolute atomic E-state index is 14.8. The summed E-state index contributed by atoms with van der Waals surface area (Å²) in [7, 11) is 0. The molecule has 8 nitrogen and oxygen atoms in total. The molecule has 1 fully saturated rings. The third kappa shape index (κ3) is 3.65. The van der Waals surface area contributed by atoms with Crippen molar-refractivity contribution in [1.29, 1.82) is 0 Å². The van der Waals surface area contributed by atoms with Gasteiger partial charge in [0.1, 0.15) is 17.4 Å². The van der Waals surface area contributed by atoms with Gasteiger partial charge in [0.15, 0.2) is 0 Å². The summed E-state index contributed by atoms with van der Waals surface area (Å²) < 4.78 is 15.4. The molecule has 0 saturated carbocycles. The number of carbonyl (C=O) groups is 2. The number of benzene rings is 2. The van der Waals surface area contributed by atoms with Crippen molar-refractivity contribution in [3.8, 4) is 0 Å². The molecule has 0 bridgehead atoms. The summed E-state index contributed by atoms with van der Waals surface area (Å²) in [6.07, 6.45) is 1.42. The summed E-state index contributed by atoms with van der Waals surface area (Å²) >= 11 is 3.24. The Morgan fingerprint density at radius 1 is 1.09 bits per heavy atom. The van der Waals surface area contributed by atoms with Gasteiger partial charge in [0.25, 0.3) is 11.5 Å². The molecule has 32 heavy (non-hydrogen) atoms. The maximum atomic E-state index is 14.8. The zero-order chi connectivity index (χ0) is 23.0. The van der Waals surface area contributed by atoms with Crippen LogP contribution in [0.15, 0.2) is 76.9 Å². The molecular formula is C22H13BrFN3O5. The average Bonchev–Trinajstić information content (AvgIpc) is 3.05. The predicted octanol–water partition coefficient (Wildman–Crippen LogP) is 4.52. The molecule has 0 aliphatic carbocycles. The van der Waals surface area contributed by atoms with Crippen molar-refractivity contribution in [2.75, 3.05) is 4.90 Å². The first kappa shape index (κ1) is 21.3. The number of hydrogen-bond acceptors (Lipinski definition) is 6. The first-order valence-corrected chi connectivity index (χ1v) is 10.0. The quantitative estimate of drug-likeness (QED) is 0.186. The standard InChI is InChI=1S/C22H13BrFN3O5/c23-13-7-10-17(25-11-13)26-19(15-3-1-2-4-16(15)24)18(21(29)22(26)30)20(28)12-5-8-14(9-6-12)27(31)32/h1-11,19,28H/t19-/m1/s1. The van der Waals surface area contributed by atoms with E-state index in [0.29, 0.717) is 4.47 Å². The van der Waals surface area contributed by atoms with Crippen LogP contribution in [-0.2, 0) is 9.59 Å². The van der Waals surface area contributed by atoms with E-state index in [4.69, 9.17) is 0 Å². The van der Waals surface area contributed by atoms with Crippen molar-refractivity contribution < 1.29 is 24.0 Å². The number of pyridine rings is 1. The fraction of sp³-hybridized carbons (Fsp3) is 0.0455. The number of nitro benzene ring substituents is 1. The summed E-state index contributed by atoms with van der Waals surface area (Å²) in [4.78, 5) is 41.4. The zero-order valence-corrected chi connectivity index (χ0v) is 17.7. The minimum Gasteiger partial charge on any atom is -0.507 e. The number of aromatic nitrogens is 1. The maximum Gasteiger partial charge on any atom is 0.301 e. The van der Waals surface area contributed by atoms with E-state index in [-0.39, 0.29) is 28.2 Å². The highest BCUT2D eigenvalue weighted by molar-refractivity contribution is 9.10. The van der Waals surface area contributed by atoms with E-state index in [9.17, 15) is 29.2 Å². The smallest absolute Gasteiger partial charge is 0.301 e. The van der Waals surface area contributed by atoms with Crippen molar-refractivity contribution in [1.82, 2.24) is 4.98 Å². The lowest BCUT2D eigenvalue weighted by Gasteiger charge is -2.24. The summed E-state index contributed by atoms with van der Waals surface area (Å²) in [5, 5.41) is 21.8. The summed E-state index contributed by atoms with van der Waals surface area (Å²) in [6.45, 7) is 0. The van der Waals surface area contributed by atoms with Crippen LogP contribution in [0.5, 0.6) is 0 Å². The van der Waals surface area contributed by atoms with E-state index in [2.05, 4.69) is 20.9 Å². The van der Waals surface area contributed by atoms with Crippen LogP contribution in [0.3, 0.4) is 0 Å². The van der Waals surface area contributed by atoms with Gasteiger partial charge in [-0.3, -0.25) is 24.6 Å². The number of nitro groups is 1. The van der Waals surface area contributed by atoms with Gasteiger partial charge in [0, 0.05) is 33.9 Å². The van der Waals surface area contributed by atoms with E-state index < -0.39 is 34.2 Å². The zero-order valence-electron chi connectivity index (χ0n) is 16.1. The number of amides is 1. The van der Waals surface area contributed by atoms with Gasteiger partial charge in [-0.05, 0) is 46.3 Å². The number of nitrogens with zero attached hydrogens (tertiary/aromatic N) is 3. The van der Waals surface area contributed by atoms with Gasteiger partial charge in [-0.25, -0.2) is 9.37 Å². The van der Waals surface area contributed by atoms with Crippen molar-refractivity contribution in [2.24, 2.45) is 0 Å². The SMILES string of the molecule is O=C1C(=O)N(c2ccc(Br)cn2)[C@H](c2ccccc2F)C1=C(O)c1ccc([N+](=O)[O-])cc1. The summed E-state index contributed by atoms with van der Waals surface area (Å²) in [5.74, 6) is -3.19. The van der Waals surface area contributed by atoms with Gasteiger partial charge in [-0.15, -0.1) is 0 Å². The van der Waals surface area contributed by atoms with Crippen molar-refractivity contribution in [3.05, 3.63) is 104 Å². The van der Waals surface area contributed by atoms with Crippen LogP contribution in [-0.4, -0.2) is 26.7 Å². The molecule has 3 aromatic rings. The molecule has 0 unspecified atom stereocenters. The topological polar surface area (TPSA) is 114 Å². The summed E-state index contributed by atoms with van der Waals surface area (Å²) in [5.41, 5.74) is -0.510. The van der Waals surface area contributed by atoms with Gasteiger partial charge < -0.3 is 5.11 Å². The second kappa shape index (κ2) is 8.31. The molecule has 1 aliphatic heterocycles. The Morgan fingerprint density at radius 3 is 2.38 bits per heavy atom. The molecule has 1 N–H and O–H groups in total. The monoisotopic (exact) mass is 497 g/mol. The van der Waals surface area contributed by atoms with Crippen LogP contribution < -0.4 is 4.90 Å². The average molecular weight is 498 g/mol. The summed E-state index contributed by atoms with van der Waals surface area (Å²) in [6, 6.07) is 12.2. The molecule has 2 heterocycles. The fourth-order valence-electron chi connectivity index (χ4n) is 3.47. The first-order chi connectivity index (χ1) is 15.3. The second-order valence-corrected chi connectivity index (χ2v) is 7.74. The molecule has 4 rings (SSSR count). The molecule has 160 valence electrons. The lowest BCUT2D eigenvalue weighted by molar-refractivity contribution is -0.384. The van der Waals surface area contributed by atoms with Gasteiger partial charge in [0.05, 0.1) is 16.5 Å². The molecule has 1 aliphatic rings. The third-order valence-electron chi connectivity index (χ3n) is 4.95. The Balaban J connectivity index is 1.93. The number of rotatable bonds is 4. The van der Waals surface area contributed by atoms with E-state index in [1.165, 1.54) is 42.6 Å². The number of aliphatic hydroxyl groups is 1. The second-order valence-electron chi connectivity index (χ2n) is 6.83. The first-order valence-electron chi connectivity index (χ1n) is 9.21. The number of halogens is 2. The highest BCUT2D eigenvalue weighted by Gasteiger charge is 2.48. The van der Waals surface area contributed by atoms with Crippen LogP contribution >= 0.6 is 15.9 Å². The highest BCUT2D eigenvalue weighted by Crippen LogP contribution is 2.42. The van der Waals surface area contributed by atoms with Gasteiger partial charge >= 0.3 is 5.91 Å². The van der Waals surface area contributed by atoms with Gasteiger partial charge in [-0.1, -0.05) is 18.2 Å². The Kier molecular flexibility index (Phi) is 5.54. The Morgan fingerprint density at radius 2 is 1.78 bits per heavy atom. The fourth-order valence-corrected chi connectivity index (χ4v) is 3.70. The van der Waals surface area contributed by atoms with E-state index in [1.807, 2.05) is 0 Å². The van der Waals surface area contributed by atoms with Crippen LogP contribution in [0.4, 0.5) is 15.9 Å². The number of Topliss-reactive ketones (excluding diaryl/α,β-unsaturated/α-hetero) is 1. The Labute approximate surface area is 188 Å². The van der Waals surface area contributed by atoms with Gasteiger partial charge in [-0.2, -0.15) is 0 Å². The van der Waals surface area contributed by atoms with E-state index in [1.54, 1.807) is 12.1 Å². The van der Waals surface area contributed by atoms with E-state index >= 15 is 0 Å². The lowest BCUT2D eigenvalue weighted by Crippen LogP contribution is -2.30. The van der Waals surface area contributed by atoms with Crippen LogP contribution in [0.25, 0.3) is 5.76 Å². The molecule has 1 amide bonds. The largest absolute Gasteiger partial charge is 0.507 e. The molecule has 1 atom stereocenters. The van der Waals surface area contributed by atoms with Crippen molar-refractivity contribution >= 4 is 44.9 Å². The van der Waals surface area contributed by atoms with E-state index in [0.717, 1.165) is 17.0 Å². The minimum atomic E-state index is -1.29. The van der Waals surface area contributed by atoms with Crippen molar-refractivity contribution in [3.63, 3.8) is 0 Å². The van der Waals surface area contributed by atoms with Crippen LogP contribution in [0.1, 0.15) is 17.2 Å². The third-order valence-corrected chi connectivity index (χ3v) is 5.42. The lowest BCUT2D eigenvalue weighted by atomic mass is 9.95. The number of hydrogen-bond donors (Lipinski definition) is 1. The molecular weight excluding hydrogens is 485 g/mol.